The van der Waals surface area contributed by atoms with Crippen molar-refractivity contribution < 1.29 is 9.47 Å². The van der Waals surface area contributed by atoms with E-state index >= 15 is 0 Å². The third-order valence-electron chi connectivity index (χ3n) is 5.27. The largest absolute Gasteiger partial charge is 0.493 e. The number of unbranched alkanes of at least 4 members (excludes halogenated alkanes) is 10. The molecule has 0 fully saturated rings. The van der Waals surface area contributed by atoms with Gasteiger partial charge in [-0.05, 0) is 36.4 Å². The monoisotopic (exact) mass is 416 g/mol. The molecule has 0 atom stereocenters. The van der Waals surface area contributed by atoms with Gasteiger partial charge < -0.3 is 9.47 Å². The predicted octanol–water partition coefficient (Wildman–Crippen LogP) is 8.89. The average Bonchev–Trinajstić information content (AvgIpc) is 3.27. The number of rotatable bonds is 17. The van der Waals surface area contributed by atoms with Crippen molar-refractivity contribution in [3.05, 3.63) is 35.7 Å². The highest BCUT2D eigenvalue weighted by Gasteiger charge is 2.14. The van der Waals surface area contributed by atoms with E-state index in [1.165, 1.54) is 69.1 Å². The van der Waals surface area contributed by atoms with Crippen molar-refractivity contribution in [2.75, 3.05) is 13.2 Å². The van der Waals surface area contributed by atoms with Crippen LogP contribution < -0.4 is 9.47 Å². The van der Waals surface area contributed by atoms with Gasteiger partial charge in [0.05, 0.1) is 18.8 Å². The fourth-order valence-electron chi connectivity index (χ4n) is 3.54. The van der Waals surface area contributed by atoms with Crippen LogP contribution in [0.5, 0.6) is 11.5 Å². The van der Waals surface area contributed by atoms with Crippen LogP contribution in [0.3, 0.4) is 0 Å². The highest BCUT2D eigenvalue weighted by Crippen LogP contribution is 2.41. The lowest BCUT2D eigenvalue weighted by Crippen LogP contribution is -2.02. The summed E-state index contributed by atoms with van der Waals surface area (Å²) in [5.74, 6) is 1.92. The number of hydrogen-bond donors (Lipinski definition) is 0. The summed E-state index contributed by atoms with van der Waals surface area (Å²) in [5, 5.41) is 2.12. The van der Waals surface area contributed by atoms with E-state index in [0.717, 1.165) is 43.1 Å². The van der Waals surface area contributed by atoms with Crippen molar-refractivity contribution >= 4 is 11.3 Å². The van der Waals surface area contributed by atoms with Crippen LogP contribution in [-0.4, -0.2) is 13.2 Å². The maximum Gasteiger partial charge on any atom is 0.131 e. The van der Waals surface area contributed by atoms with Gasteiger partial charge in [-0.2, -0.15) is 0 Å². The first-order valence-electron chi connectivity index (χ1n) is 11.8. The van der Waals surface area contributed by atoms with Gasteiger partial charge in [-0.15, -0.1) is 11.3 Å². The molecule has 0 saturated heterocycles. The van der Waals surface area contributed by atoms with Gasteiger partial charge in [-0.3, -0.25) is 0 Å². The molecule has 0 unspecified atom stereocenters. The Bertz CT molecular complexity index is 600. The van der Waals surface area contributed by atoms with E-state index in [0.29, 0.717) is 0 Å². The highest BCUT2D eigenvalue weighted by molar-refractivity contribution is 7.13. The molecular weight excluding hydrogens is 376 g/mol. The predicted molar refractivity (Wildman–Crippen MR) is 127 cm³/mol. The van der Waals surface area contributed by atoms with Gasteiger partial charge in [0.2, 0.25) is 0 Å². The van der Waals surface area contributed by atoms with Crippen molar-refractivity contribution in [2.45, 2.75) is 90.9 Å². The van der Waals surface area contributed by atoms with Crippen LogP contribution in [0, 0.1) is 0 Å². The zero-order valence-corrected chi connectivity index (χ0v) is 19.4. The number of hydrogen-bond acceptors (Lipinski definition) is 3. The Hall–Kier alpha value is -1.48. The molecule has 2 aromatic rings. The van der Waals surface area contributed by atoms with Gasteiger partial charge in [0.1, 0.15) is 11.5 Å². The molecule has 0 radical (unpaired) electrons. The zero-order valence-electron chi connectivity index (χ0n) is 18.6. The Balaban J connectivity index is 1.87. The van der Waals surface area contributed by atoms with Gasteiger partial charge in [0, 0.05) is 4.88 Å². The van der Waals surface area contributed by atoms with E-state index in [1.54, 1.807) is 11.3 Å². The van der Waals surface area contributed by atoms with Crippen LogP contribution in [0.1, 0.15) is 90.9 Å². The first-order chi connectivity index (χ1) is 14.4. The van der Waals surface area contributed by atoms with Crippen LogP contribution in [0.15, 0.2) is 35.7 Å². The van der Waals surface area contributed by atoms with Crippen LogP contribution in [0.25, 0.3) is 10.4 Å². The number of benzene rings is 1. The molecule has 0 spiro atoms. The Morgan fingerprint density at radius 1 is 0.621 bits per heavy atom. The minimum absolute atomic E-state index is 0.783. The quantitative estimate of drug-likeness (QED) is 0.240. The van der Waals surface area contributed by atoms with Crippen LogP contribution in [0.2, 0.25) is 0 Å². The number of ether oxygens (including phenoxy) is 2. The van der Waals surface area contributed by atoms with Crippen LogP contribution in [-0.2, 0) is 0 Å². The Kier molecular flexibility index (Phi) is 12.6. The molecule has 0 N–H and O–H groups in total. The molecule has 1 aromatic heterocycles. The number of thiophene rings is 1. The molecular formula is C26H40O2S. The second-order valence-corrected chi connectivity index (χ2v) is 8.79. The summed E-state index contributed by atoms with van der Waals surface area (Å²) in [6, 6.07) is 10.5. The summed E-state index contributed by atoms with van der Waals surface area (Å²) in [6.45, 7) is 6.09. The molecule has 0 bridgehead atoms. The minimum atomic E-state index is 0.783. The molecule has 0 saturated carbocycles. The molecule has 162 valence electrons. The smallest absolute Gasteiger partial charge is 0.131 e. The lowest BCUT2D eigenvalue weighted by molar-refractivity contribution is 0.292. The summed E-state index contributed by atoms with van der Waals surface area (Å²) in [5.41, 5.74) is 1.12. The fraction of sp³-hybridized carbons (Fsp3) is 0.615. The summed E-state index contributed by atoms with van der Waals surface area (Å²) in [7, 11) is 0. The zero-order chi connectivity index (χ0) is 20.6. The van der Waals surface area contributed by atoms with E-state index < -0.39 is 0 Å². The van der Waals surface area contributed by atoms with Crippen molar-refractivity contribution in [3.8, 4) is 21.9 Å². The maximum atomic E-state index is 6.21. The molecule has 2 nitrogen and oxygen atoms in total. The fourth-order valence-corrected chi connectivity index (χ4v) is 4.32. The van der Waals surface area contributed by atoms with Crippen molar-refractivity contribution in [1.29, 1.82) is 0 Å². The molecule has 1 aromatic carbocycles. The molecule has 3 heteroatoms. The van der Waals surface area contributed by atoms with Crippen LogP contribution >= 0.6 is 11.3 Å². The van der Waals surface area contributed by atoms with Crippen LogP contribution in [0.4, 0.5) is 0 Å². The molecule has 0 aliphatic carbocycles. The van der Waals surface area contributed by atoms with E-state index in [4.69, 9.17) is 9.47 Å². The Morgan fingerprint density at radius 3 is 1.62 bits per heavy atom. The second kappa shape index (κ2) is 15.4. The Morgan fingerprint density at radius 2 is 1.14 bits per heavy atom. The summed E-state index contributed by atoms with van der Waals surface area (Å²) in [4.78, 5) is 1.22. The van der Waals surface area contributed by atoms with Gasteiger partial charge in [-0.1, -0.05) is 90.2 Å². The minimum Gasteiger partial charge on any atom is -0.493 e. The molecule has 2 rings (SSSR count). The molecule has 0 aliphatic rings. The maximum absolute atomic E-state index is 6.21. The third kappa shape index (κ3) is 9.25. The SMILES string of the molecule is CCCCCCCCOc1cccc(OCCCCCCCC)c1-c1cccs1. The lowest BCUT2D eigenvalue weighted by atomic mass is 10.1. The van der Waals surface area contributed by atoms with Crippen molar-refractivity contribution in [2.24, 2.45) is 0 Å². The first-order valence-corrected chi connectivity index (χ1v) is 12.7. The van der Waals surface area contributed by atoms with Gasteiger partial charge >= 0.3 is 0 Å². The summed E-state index contributed by atoms with van der Waals surface area (Å²) in [6.07, 6.45) is 15.4. The first kappa shape index (κ1) is 23.8. The Labute approximate surface area is 182 Å². The molecule has 0 amide bonds. The van der Waals surface area contributed by atoms with E-state index in [-0.39, 0.29) is 0 Å². The van der Waals surface area contributed by atoms with Crippen molar-refractivity contribution in [3.63, 3.8) is 0 Å². The lowest BCUT2D eigenvalue weighted by Gasteiger charge is -2.16. The third-order valence-corrected chi connectivity index (χ3v) is 6.15. The van der Waals surface area contributed by atoms with E-state index in [9.17, 15) is 0 Å². The second-order valence-electron chi connectivity index (χ2n) is 7.84. The average molecular weight is 417 g/mol. The van der Waals surface area contributed by atoms with E-state index in [2.05, 4.69) is 49.6 Å². The van der Waals surface area contributed by atoms with Crippen molar-refractivity contribution in [1.82, 2.24) is 0 Å². The van der Waals surface area contributed by atoms with E-state index in [1.807, 2.05) is 0 Å². The summed E-state index contributed by atoms with van der Waals surface area (Å²) >= 11 is 1.75. The summed E-state index contributed by atoms with van der Waals surface area (Å²) < 4.78 is 12.4. The van der Waals surface area contributed by atoms with Gasteiger partial charge in [0.15, 0.2) is 0 Å². The topological polar surface area (TPSA) is 18.5 Å². The van der Waals surface area contributed by atoms with Gasteiger partial charge in [-0.25, -0.2) is 0 Å². The highest BCUT2D eigenvalue weighted by atomic mass is 32.1. The molecule has 0 aliphatic heterocycles. The normalized spacial score (nSPS) is 11.0. The molecule has 29 heavy (non-hydrogen) atoms. The molecule has 1 heterocycles. The standard InChI is InChI=1S/C26H40O2S/c1-3-5-7-9-11-13-20-27-23-17-15-18-24(26(23)25-19-16-22-29-25)28-21-14-12-10-8-6-4-2/h15-19,22H,3-14,20-21H2,1-2H3. The van der Waals surface area contributed by atoms with Gasteiger partial charge in [0.25, 0.3) is 0 Å².